The number of hydrogen-bond donors (Lipinski definition) is 1. The Morgan fingerprint density at radius 2 is 2.17 bits per heavy atom. The summed E-state index contributed by atoms with van der Waals surface area (Å²) in [6, 6.07) is 7.76. The average Bonchev–Trinajstić information content (AvgIpc) is 2.86. The van der Waals surface area contributed by atoms with Crippen LogP contribution in [-0.2, 0) is 0 Å². The van der Waals surface area contributed by atoms with E-state index in [0.717, 1.165) is 0 Å². The molecule has 3 nitrogen and oxygen atoms in total. The van der Waals surface area contributed by atoms with Gasteiger partial charge in [-0.05, 0) is 47.1 Å². The van der Waals surface area contributed by atoms with Crippen molar-refractivity contribution in [3.63, 3.8) is 0 Å². The van der Waals surface area contributed by atoms with E-state index < -0.39 is 11.7 Å². The zero-order chi connectivity index (χ0) is 13.1. The van der Waals surface area contributed by atoms with Crippen molar-refractivity contribution in [1.82, 2.24) is 5.32 Å². The molecule has 1 N–H and O–H groups in total. The lowest BCUT2D eigenvalue weighted by molar-refractivity contribution is 0.0931. The average molecular weight is 312 g/mol. The van der Waals surface area contributed by atoms with Gasteiger partial charge in [-0.15, -0.1) is 0 Å². The second-order valence-corrected chi connectivity index (χ2v) is 4.67. The highest BCUT2D eigenvalue weighted by Crippen LogP contribution is 2.20. The highest BCUT2D eigenvalue weighted by molar-refractivity contribution is 9.10. The summed E-state index contributed by atoms with van der Waals surface area (Å²) < 4.78 is 19.1. The van der Waals surface area contributed by atoms with Crippen LogP contribution in [0.2, 0.25) is 0 Å². The molecule has 1 atom stereocenters. The molecule has 0 saturated heterocycles. The third-order valence-electron chi connectivity index (χ3n) is 2.51. The van der Waals surface area contributed by atoms with Crippen molar-refractivity contribution in [2.24, 2.45) is 0 Å². The smallest absolute Gasteiger partial charge is 0.254 e. The van der Waals surface area contributed by atoms with Crippen LogP contribution in [0.4, 0.5) is 4.39 Å². The highest BCUT2D eigenvalue weighted by atomic mass is 79.9. The van der Waals surface area contributed by atoms with Gasteiger partial charge in [0.05, 0.1) is 22.3 Å². The fraction of sp³-hybridized carbons (Fsp3) is 0.154. The normalized spacial score (nSPS) is 12.2. The minimum absolute atomic E-state index is 0.00258. The van der Waals surface area contributed by atoms with Gasteiger partial charge < -0.3 is 9.73 Å². The Morgan fingerprint density at radius 1 is 1.39 bits per heavy atom. The van der Waals surface area contributed by atoms with Gasteiger partial charge in [-0.2, -0.15) is 0 Å². The van der Waals surface area contributed by atoms with E-state index in [-0.39, 0.29) is 16.1 Å². The second kappa shape index (κ2) is 5.35. The molecular formula is C13H11BrFNO2. The van der Waals surface area contributed by atoms with E-state index in [0.29, 0.717) is 5.76 Å². The van der Waals surface area contributed by atoms with Crippen LogP contribution in [0.3, 0.4) is 0 Å². The maximum absolute atomic E-state index is 13.7. The maximum Gasteiger partial charge on any atom is 0.254 e. The lowest BCUT2D eigenvalue weighted by atomic mass is 10.1. The number of carbonyl (C=O) groups is 1. The first-order chi connectivity index (χ1) is 8.59. The third kappa shape index (κ3) is 2.61. The molecule has 0 radical (unpaired) electrons. The lowest BCUT2D eigenvalue weighted by Gasteiger charge is -2.12. The van der Waals surface area contributed by atoms with Gasteiger partial charge in [0, 0.05) is 0 Å². The number of carbonyl (C=O) groups excluding carboxylic acids is 1. The first-order valence-corrected chi connectivity index (χ1v) is 6.17. The van der Waals surface area contributed by atoms with Crippen molar-refractivity contribution in [2.45, 2.75) is 13.0 Å². The molecule has 2 aromatic rings. The van der Waals surface area contributed by atoms with Crippen molar-refractivity contribution in [3.8, 4) is 0 Å². The number of halogens is 2. The third-order valence-corrected chi connectivity index (χ3v) is 3.13. The molecule has 94 valence electrons. The van der Waals surface area contributed by atoms with E-state index in [9.17, 15) is 9.18 Å². The Kier molecular flexibility index (Phi) is 3.81. The fourth-order valence-corrected chi connectivity index (χ4v) is 1.93. The molecule has 0 fully saturated rings. The Bertz CT molecular complexity index is 554. The van der Waals surface area contributed by atoms with Gasteiger partial charge in [0.15, 0.2) is 0 Å². The van der Waals surface area contributed by atoms with Gasteiger partial charge in [-0.25, -0.2) is 4.39 Å². The molecule has 0 aliphatic rings. The van der Waals surface area contributed by atoms with E-state index in [1.54, 1.807) is 31.2 Å². The van der Waals surface area contributed by atoms with Gasteiger partial charge in [0.2, 0.25) is 0 Å². The molecular weight excluding hydrogens is 301 g/mol. The number of hydrogen-bond acceptors (Lipinski definition) is 2. The first kappa shape index (κ1) is 12.8. The molecule has 2 rings (SSSR count). The number of rotatable bonds is 3. The zero-order valence-corrected chi connectivity index (χ0v) is 11.2. The molecule has 1 unspecified atom stereocenters. The van der Waals surface area contributed by atoms with Crippen LogP contribution in [0.5, 0.6) is 0 Å². The van der Waals surface area contributed by atoms with Gasteiger partial charge in [0.25, 0.3) is 5.91 Å². The van der Waals surface area contributed by atoms with Crippen LogP contribution >= 0.6 is 15.9 Å². The standard InChI is InChI=1S/C13H11BrFNO2/c1-8(11-6-3-7-18-11)16-13(17)9-4-2-5-10(14)12(9)15/h2-8H,1H3,(H,16,17). The predicted molar refractivity (Wildman–Crippen MR) is 68.7 cm³/mol. The van der Waals surface area contributed by atoms with Crippen LogP contribution in [0.1, 0.15) is 29.1 Å². The SMILES string of the molecule is CC(NC(=O)c1cccc(Br)c1F)c1ccco1. The Morgan fingerprint density at radius 3 is 2.83 bits per heavy atom. The topological polar surface area (TPSA) is 42.2 Å². The van der Waals surface area contributed by atoms with Crippen molar-refractivity contribution in [3.05, 3.63) is 58.2 Å². The predicted octanol–water partition coefficient (Wildman–Crippen LogP) is 3.67. The lowest BCUT2D eigenvalue weighted by Crippen LogP contribution is -2.27. The molecule has 0 spiro atoms. The van der Waals surface area contributed by atoms with Gasteiger partial charge in [-0.3, -0.25) is 4.79 Å². The Hall–Kier alpha value is -1.62. The van der Waals surface area contributed by atoms with Gasteiger partial charge in [0.1, 0.15) is 11.6 Å². The summed E-state index contributed by atoms with van der Waals surface area (Å²) in [7, 11) is 0. The highest BCUT2D eigenvalue weighted by Gasteiger charge is 2.17. The second-order valence-electron chi connectivity index (χ2n) is 3.81. The van der Waals surface area contributed by atoms with Crippen LogP contribution in [0.15, 0.2) is 45.5 Å². The van der Waals surface area contributed by atoms with E-state index in [4.69, 9.17) is 4.42 Å². The van der Waals surface area contributed by atoms with E-state index in [1.807, 2.05) is 0 Å². The number of nitrogens with one attached hydrogen (secondary N) is 1. The molecule has 1 aromatic heterocycles. The Labute approximate surface area is 112 Å². The first-order valence-electron chi connectivity index (χ1n) is 5.38. The van der Waals surface area contributed by atoms with Crippen molar-refractivity contribution in [1.29, 1.82) is 0 Å². The molecule has 0 saturated carbocycles. The summed E-state index contributed by atoms with van der Waals surface area (Å²) in [6.07, 6.45) is 1.53. The monoisotopic (exact) mass is 311 g/mol. The molecule has 18 heavy (non-hydrogen) atoms. The van der Waals surface area contributed by atoms with Gasteiger partial charge >= 0.3 is 0 Å². The molecule has 0 aliphatic carbocycles. The summed E-state index contributed by atoms with van der Waals surface area (Å²) in [4.78, 5) is 11.9. The zero-order valence-electron chi connectivity index (χ0n) is 9.61. The van der Waals surface area contributed by atoms with E-state index in [2.05, 4.69) is 21.2 Å². The molecule has 1 amide bonds. The number of benzene rings is 1. The minimum atomic E-state index is -0.568. The Balaban J connectivity index is 2.15. The van der Waals surface area contributed by atoms with Crippen molar-refractivity contribution in [2.75, 3.05) is 0 Å². The van der Waals surface area contributed by atoms with Crippen molar-refractivity contribution >= 4 is 21.8 Å². The quantitative estimate of drug-likeness (QED) is 0.939. The molecule has 0 bridgehead atoms. The summed E-state index contributed by atoms with van der Waals surface area (Å²) in [5.74, 6) is -0.418. The molecule has 1 heterocycles. The maximum atomic E-state index is 13.7. The van der Waals surface area contributed by atoms with Crippen LogP contribution in [-0.4, -0.2) is 5.91 Å². The molecule has 1 aromatic carbocycles. The van der Waals surface area contributed by atoms with E-state index >= 15 is 0 Å². The molecule has 5 heteroatoms. The summed E-state index contributed by atoms with van der Waals surface area (Å²) >= 11 is 3.05. The van der Waals surface area contributed by atoms with Crippen LogP contribution in [0, 0.1) is 5.82 Å². The summed E-state index contributed by atoms with van der Waals surface area (Å²) in [5.41, 5.74) is 0.00258. The number of furan rings is 1. The molecule has 0 aliphatic heterocycles. The van der Waals surface area contributed by atoms with Gasteiger partial charge in [-0.1, -0.05) is 6.07 Å². The summed E-state index contributed by atoms with van der Waals surface area (Å²) in [5, 5.41) is 2.67. The minimum Gasteiger partial charge on any atom is -0.467 e. The largest absolute Gasteiger partial charge is 0.467 e. The van der Waals surface area contributed by atoms with Crippen LogP contribution < -0.4 is 5.32 Å². The summed E-state index contributed by atoms with van der Waals surface area (Å²) in [6.45, 7) is 1.77. The van der Waals surface area contributed by atoms with Crippen molar-refractivity contribution < 1.29 is 13.6 Å². The number of amides is 1. The fourth-order valence-electron chi connectivity index (χ4n) is 1.56. The van der Waals surface area contributed by atoms with Crippen LogP contribution in [0.25, 0.3) is 0 Å². The van der Waals surface area contributed by atoms with E-state index in [1.165, 1.54) is 12.3 Å².